The van der Waals surface area contributed by atoms with Crippen LogP contribution in [0, 0.1) is 6.92 Å². The number of rotatable bonds is 5. The van der Waals surface area contributed by atoms with Gasteiger partial charge in [0, 0.05) is 23.5 Å². The molecule has 3 aromatic rings. The maximum atomic E-state index is 12.5. The number of nitrogens with zero attached hydrogens (tertiary/aromatic N) is 4. The fourth-order valence-corrected chi connectivity index (χ4v) is 3.61. The smallest absolute Gasteiger partial charge is 0.226 e. The molecule has 144 valence electrons. The van der Waals surface area contributed by atoms with Crippen LogP contribution in [0.4, 0.5) is 5.82 Å². The van der Waals surface area contributed by atoms with E-state index in [1.165, 1.54) is 0 Å². The highest BCUT2D eigenvalue weighted by atomic mass is 35.5. The lowest BCUT2D eigenvalue weighted by atomic mass is 9.85. The molecule has 1 atom stereocenters. The fourth-order valence-electron chi connectivity index (χ4n) is 3.51. The summed E-state index contributed by atoms with van der Waals surface area (Å²) in [5.74, 6) is 1.68. The average molecular weight is 398 g/mol. The number of carbonyl (C=O) groups is 1. The number of para-hydroxylation sites is 1. The normalized spacial score (nSPS) is 15.8. The fraction of sp³-hybridized carbons (Fsp3) is 0.300. The van der Waals surface area contributed by atoms with Crippen molar-refractivity contribution in [2.75, 3.05) is 11.9 Å². The maximum Gasteiger partial charge on any atom is 0.226 e. The quantitative estimate of drug-likeness (QED) is 0.706. The summed E-state index contributed by atoms with van der Waals surface area (Å²) in [7, 11) is 0. The molecule has 0 saturated carbocycles. The molecule has 0 bridgehead atoms. The minimum atomic E-state index is -0.147. The molecular formula is C20H20ClN5O2. The van der Waals surface area contributed by atoms with Gasteiger partial charge in [0.2, 0.25) is 5.91 Å². The van der Waals surface area contributed by atoms with Crippen LogP contribution in [0.2, 0.25) is 5.15 Å². The molecule has 0 aliphatic carbocycles. The van der Waals surface area contributed by atoms with Crippen LogP contribution >= 0.6 is 11.6 Å². The highest BCUT2D eigenvalue weighted by Crippen LogP contribution is 2.42. The Morgan fingerprint density at radius 3 is 2.82 bits per heavy atom. The van der Waals surface area contributed by atoms with E-state index in [1.807, 2.05) is 31.2 Å². The standard InChI is InChI=1S/C20H20ClN5O2/c1-3-10-28-15-7-5-4-6-13(15)14-11-18(27)22-20-19(14)12(2)25-26(20)17-9-8-16(21)23-24-17/h4-9,14H,3,10-11H2,1-2H3,(H,22,27)/t14-/m1/s1. The third kappa shape index (κ3) is 3.33. The number of amides is 1. The Hall–Kier alpha value is -2.93. The zero-order chi connectivity index (χ0) is 19.7. The summed E-state index contributed by atoms with van der Waals surface area (Å²) in [4.78, 5) is 12.5. The van der Waals surface area contributed by atoms with Crippen molar-refractivity contribution in [3.8, 4) is 11.6 Å². The highest BCUT2D eigenvalue weighted by Gasteiger charge is 2.34. The van der Waals surface area contributed by atoms with Crippen LogP contribution in [0.15, 0.2) is 36.4 Å². The van der Waals surface area contributed by atoms with E-state index in [2.05, 4.69) is 27.5 Å². The van der Waals surface area contributed by atoms with Crippen molar-refractivity contribution >= 4 is 23.3 Å². The molecule has 28 heavy (non-hydrogen) atoms. The molecule has 0 radical (unpaired) electrons. The van der Waals surface area contributed by atoms with Gasteiger partial charge in [-0.3, -0.25) is 4.79 Å². The number of aryl methyl sites for hydroxylation is 1. The van der Waals surface area contributed by atoms with E-state index in [0.717, 1.165) is 29.0 Å². The first kappa shape index (κ1) is 18.4. The van der Waals surface area contributed by atoms with Gasteiger partial charge in [-0.25, -0.2) is 0 Å². The Kier molecular flexibility index (Phi) is 5.00. The van der Waals surface area contributed by atoms with Gasteiger partial charge in [-0.05, 0) is 31.5 Å². The number of fused-ring (bicyclic) bond motifs is 1. The van der Waals surface area contributed by atoms with E-state index in [4.69, 9.17) is 16.3 Å². The summed E-state index contributed by atoms with van der Waals surface area (Å²) in [5.41, 5.74) is 2.77. The predicted octanol–water partition coefficient (Wildman–Crippen LogP) is 3.89. The number of anilines is 1. The third-order valence-electron chi connectivity index (χ3n) is 4.69. The van der Waals surface area contributed by atoms with Gasteiger partial charge >= 0.3 is 0 Å². The van der Waals surface area contributed by atoms with Gasteiger partial charge in [0.05, 0.1) is 12.3 Å². The van der Waals surface area contributed by atoms with Gasteiger partial charge in [-0.1, -0.05) is 36.7 Å². The second-order valence-corrected chi connectivity index (χ2v) is 7.05. The first-order valence-electron chi connectivity index (χ1n) is 9.19. The molecule has 3 heterocycles. The van der Waals surface area contributed by atoms with E-state index in [0.29, 0.717) is 29.8 Å². The number of halogens is 1. The van der Waals surface area contributed by atoms with Gasteiger partial charge in [0.15, 0.2) is 11.0 Å². The summed E-state index contributed by atoms with van der Waals surface area (Å²) < 4.78 is 7.54. The molecule has 1 aliphatic rings. The third-order valence-corrected chi connectivity index (χ3v) is 4.90. The number of hydrogen-bond acceptors (Lipinski definition) is 5. The Balaban J connectivity index is 1.83. The van der Waals surface area contributed by atoms with Crippen LogP contribution < -0.4 is 10.1 Å². The van der Waals surface area contributed by atoms with E-state index >= 15 is 0 Å². The largest absolute Gasteiger partial charge is 0.493 e. The van der Waals surface area contributed by atoms with E-state index in [-0.39, 0.29) is 11.8 Å². The van der Waals surface area contributed by atoms with Crippen molar-refractivity contribution in [1.82, 2.24) is 20.0 Å². The lowest BCUT2D eigenvalue weighted by Crippen LogP contribution is -2.25. The van der Waals surface area contributed by atoms with Gasteiger partial charge < -0.3 is 10.1 Å². The topological polar surface area (TPSA) is 81.9 Å². The number of aromatic nitrogens is 4. The molecule has 1 amide bonds. The Bertz CT molecular complexity index is 1020. The van der Waals surface area contributed by atoms with E-state index < -0.39 is 0 Å². The number of ether oxygens (including phenoxy) is 1. The molecule has 0 fully saturated rings. The van der Waals surface area contributed by atoms with Crippen LogP contribution in [0.1, 0.15) is 42.5 Å². The zero-order valence-electron chi connectivity index (χ0n) is 15.6. The first-order valence-corrected chi connectivity index (χ1v) is 9.57. The van der Waals surface area contributed by atoms with Crippen molar-refractivity contribution in [1.29, 1.82) is 0 Å². The molecule has 8 heteroatoms. The lowest BCUT2D eigenvalue weighted by molar-refractivity contribution is -0.116. The van der Waals surface area contributed by atoms with Gasteiger partial charge in [0.1, 0.15) is 11.6 Å². The van der Waals surface area contributed by atoms with Crippen LogP contribution in [-0.2, 0) is 4.79 Å². The summed E-state index contributed by atoms with van der Waals surface area (Å²) in [6, 6.07) is 11.2. The molecule has 0 unspecified atom stereocenters. The molecule has 0 spiro atoms. The first-order chi connectivity index (χ1) is 13.6. The van der Waals surface area contributed by atoms with Crippen molar-refractivity contribution in [3.63, 3.8) is 0 Å². The minimum absolute atomic E-state index is 0.0779. The van der Waals surface area contributed by atoms with Crippen LogP contribution in [0.25, 0.3) is 5.82 Å². The molecule has 0 saturated heterocycles. The minimum Gasteiger partial charge on any atom is -0.493 e. The Morgan fingerprint density at radius 1 is 1.25 bits per heavy atom. The maximum absolute atomic E-state index is 12.5. The average Bonchev–Trinajstić information content (AvgIpc) is 3.03. The molecule has 1 N–H and O–H groups in total. The van der Waals surface area contributed by atoms with Crippen molar-refractivity contribution in [3.05, 3.63) is 58.4 Å². The number of nitrogens with one attached hydrogen (secondary N) is 1. The molecule has 1 aliphatic heterocycles. The van der Waals surface area contributed by atoms with Gasteiger partial charge in [-0.2, -0.15) is 9.78 Å². The Morgan fingerprint density at radius 2 is 2.07 bits per heavy atom. The van der Waals surface area contributed by atoms with Crippen molar-refractivity contribution < 1.29 is 9.53 Å². The SMILES string of the molecule is CCCOc1ccccc1[C@H]1CC(=O)Nc2c1c(C)nn2-c1ccc(Cl)nn1. The van der Waals surface area contributed by atoms with Crippen LogP contribution in [0.5, 0.6) is 5.75 Å². The highest BCUT2D eigenvalue weighted by molar-refractivity contribution is 6.29. The molecule has 4 rings (SSSR count). The van der Waals surface area contributed by atoms with Crippen LogP contribution in [0.3, 0.4) is 0 Å². The summed E-state index contributed by atoms with van der Waals surface area (Å²) in [6.07, 6.45) is 1.25. The van der Waals surface area contributed by atoms with E-state index in [9.17, 15) is 4.79 Å². The number of benzene rings is 1. The van der Waals surface area contributed by atoms with Gasteiger partial charge in [0.25, 0.3) is 0 Å². The Labute approximate surface area is 167 Å². The number of hydrogen-bond donors (Lipinski definition) is 1. The van der Waals surface area contributed by atoms with Crippen molar-refractivity contribution in [2.24, 2.45) is 0 Å². The second-order valence-electron chi connectivity index (χ2n) is 6.66. The van der Waals surface area contributed by atoms with Crippen molar-refractivity contribution in [2.45, 2.75) is 32.6 Å². The summed E-state index contributed by atoms with van der Waals surface area (Å²) in [6.45, 7) is 4.62. The monoisotopic (exact) mass is 397 g/mol. The predicted molar refractivity (Wildman–Crippen MR) is 106 cm³/mol. The molecule has 7 nitrogen and oxygen atoms in total. The van der Waals surface area contributed by atoms with Crippen LogP contribution in [-0.4, -0.2) is 32.5 Å². The molecule has 2 aromatic heterocycles. The van der Waals surface area contributed by atoms with Gasteiger partial charge in [-0.15, -0.1) is 10.2 Å². The van der Waals surface area contributed by atoms with E-state index in [1.54, 1.807) is 16.8 Å². The summed E-state index contributed by atoms with van der Waals surface area (Å²) >= 11 is 5.85. The second kappa shape index (κ2) is 7.59. The zero-order valence-corrected chi connectivity index (χ0v) is 16.4. The molecule has 1 aromatic carbocycles. The number of carbonyl (C=O) groups excluding carboxylic acids is 1. The molecular weight excluding hydrogens is 378 g/mol. The summed E-state index contributed by atoms with van der Waals surface area (Å²) in [5, 5.41) is 15.8. The lowest BCUT2D eigenvalue weighted by Gasteiger charge is -2.25.